The molecule has 1 aromatic heterocycles. The molecule has 0 bridgehead atoms. The third-order valence-corrected chi connectivity index (χ3v) is 3.58. The first-order valence-corrected chi connectivity index (χ1v) is 6.33. The van der Waals surface area contributed by atoms with Crippen molar-refractivity contribution in [2.75, 3.05) is 12.1 Å². The number of hydrogen-bond donors (Lipinski definition) is 1. The molecule has 0 spiro atoms. The van der Waals surface area contributed by atoms with Crippen LogP contribution in [0.4, 0.5) is 5.69 Å². The summed E-state index contributed by atoms with van der Waals surface area (Å²) in [5.41, 5.74) is 3.09. The molecular formula is C13H14ClN3O2. The minimum absolute atomic E-state index is 0.247. The highest BCUT2D eigenvalue weighted by Gasteiger charge is 2.16. The largest absolute Gasteiger partial charge is 0.454 e. The smallest absolute Gasteiger partial charge is 0.231 e. The van der Waals surface area contributed by atoms with Crippen LogP contribution in [0.3, 0.4) is 0 Å². The summed E-state index contributed by atoms with van der Waals surface area (Å²) >= 11 is 6.20. The van der Waals surface area contributed by atoms with E-state index in [0.29, 0.717) is 17.3 Å². The first-order chi connectivity index (χ1) is 9.15. The molecule has 0 unspecified atom stereocenters. The Hall–Kier alpha value is -1.88. The Kier molecular flexibility index (Phi) is 2.98. The zero-order valence-corrected chi connectivity index (χ0v) is 11.5. The van der Waals surface area contributed by atoms with Crippen LogP contribution in [-0.2, 0) is 13.6 Å². The number of halogens is 1. The Bertz CT molecular complexity index is 625. The highest BCUT2D eigenvalue weighted by molar-refractivity contribution is 6.33. The van der Waals surface area contributed by atoms with Crippen LogP contribution in [0.5, 0.6) is 11.5 Å². The highest BCUT2D eigenvalue weighted by Crippen LogP contribution is 2.39. The summed E-state index contributed by atoms with van der Waals surface area (Å²) in [6.07, 6.45) is 1.85. The van der Waals surface area contributed by atoms with Crippen molar-refractivity contribution < 1.29 is 9.47 Å². The average molecular weight is 280 g/mol. The summed E-state index contributed by atoms with van der Waals surface area (Å²) in [5.74, 6) is 1.41. The van der Waals surface area contributed by atoms with Gasteiger partial charge in [-0.3, -0.25) is 4.68 Å². The number of aryl methyl sites for hydroxylation is 1. The van der Waals surface area contributed by atoms with Crippen LogP contribution >= 0.6 is 11.6 Å². The molecule has 1 N–H and O–H groups in total. The molecule has 0 amide bonds. The second-order valence-electron chi connectivity index (χ2n) is 4.42. The summed E-state index contributed by atoms with van der Waals surface area (Å²) < 4.78 is 12.5. The van der Waals surface area contributed by atoms with E-state index in [2.05, 4.69) is 10.4 Å². The lowest BCUT2D eigenvalue weighted by molar-refractivity contribution is 0.174. The number of benzene rings is 1. The predicted octanol–water partition coefficient (Wildman–Crippen LogP) is 2.72. The van der Waals surface area contributed by atoms with Crippen molar-refractivity contribution in [1.82, 2.24) is 9.78 Å². The Morgan fingerprint density at radius 1 is 1.37 bits per heavy atom. The molecule has 0 aliphatic carbocycles. The lowest BCUT2D eigenvalue weighted by Crippen LogP contribution is -2.02. The standard InChI is InChI=1S/C13H14ClN3O2/c1-8-9(6-16-17(8)2)5-15-11-4-13-12(3-10(11)14)18-7-19-13/h3-4,6,15H,5,7H2,1-2H3. The fraction of sp³-hybridized carbons (Fsp3) is 0.308. The topological polar surface area (TPSA) is 48.3 Å². The van der Waals surface area contributed by atoms with Crippen molar-refractivity contribution >= 4 is 17.3 Å². The molecule has 2 heterocycles. The lowest BCUT2D eigenvalue weighted by Gasteiger charge is -2.09. The maximum Gasteiger partial charge on any atom is 0.231 e. The van der Waals surface area contributed by atoms with Crippen molar-refractivity contribution in [3.05, 3.63) is 34.6 Å². The van der Waals surface area contributed by atoms with E-state index < -0.39 is 0 Å². The molecule has 0 radical (unpaired) electrons. The molecule has 5 nitrogen and oxygen atoms in total. The van der Waals surface area contributed by atoms with Crippen LogP contribution in [0.1, 0.15) is 11.3 Å². The van der Waals surface area contributed by atoms with E-state index >= 15 is 0 Å². The first kappa shape index (κ1) is 12.2. The summed E-state index contributed by atoms with van der Waals surface area (Å²) in [6.45, 7) is 2.95. The number of fused-ring (bicyclic) bond motifs is 1. The van der Waals surface area contributed by atoms with Crippen LogP contribution in [0.15, 0.2) is 18.3 Å². The van der Waals surface area contributed by atoms with Gasteiger partial charge in [-0.05, 0) is 6.92 Å². The van der Waals surface area contributed by atoms with Gasteiger partial charge in [-0.1, -0.05) is 11.6 Å². The van der Waals surface area contributed by atoms with Crippen molar-refractivity contribution in [3.63, 3.8) is 0 Å². The SMILES string of the molecule is Cc1c(CNc2cc3c(cc2Cl)OCO3)cnn1C. The first-order valence-electron chi connectivity index (χ1n) is 5.95. The van der Waals surface area contributed by atoms with Gasteiger partial charge in [0.15, 0.2) is 11.5 Å². The van der Waals surface area contributed by atoms with Crippen LogP contribution in [0.2, 0.25) is 5.02 Å². The molecule has 0 fully saturated rings. The van der Waals surface area contributed by atoms with Gasteiger partial charge < -0.3 is 14.8 Å². The molecule has 1 aromatic carbocycles. The maximum atomic E-state index is 6.20. The van der Waals surface area contributed by atoms with Gasteiger partial charge in [0.05, 0.1) is 16.9 Å². The van der Waals surface area contributed by atoms with Gasteiger partial charge in [0.25, 0.3) is 0 Å². The Morgan fingerprint density at radius 2 is 2.11 bits per heavy atom. The van der Waals surface area contributed by atoms with Gasteiger partial charge >= 0.3 is 0 Å². The van der Waals surface area contributed by atoms with Gasteiger partial charge in [-0.25, -0.2) is 0 Å². The van der Waals surface area contributed by atoms with Gasteiger partial charge in [0.1, 0.15) is 0 Å². The second kappa shape index (κ2) is 4.66. The summed E-state index contributed by atoms with van der Waals surface area (Å²) in [4.78, 5) is 0. The van der Waals surface area contributed by atoms with Gasteiger partial charge in [0.2, 0.25) is 6.79 Å². The minimum atomic E-state index is 0.247. The number of aromatic nitrogens is 2. The number of ether oxygens (including phenoxy) is 2. The molecule has 0 atom stereocenters. The van der Waals surface area contributed by atoms with Crippen molar-refractivity contribution in [3.8, 4) is 11.5 Å². The second-order valence-corrected chi connectivity index (χ2v) is 4.82. The highest BCUT2D eigenvalue weighted by atomic mass is 35.5. The monoisotopic (exact) mass is 279 g/mol. The number of hydrogen-bond acceptors (Lipinski definition) is 4. The van der Waals surface area contributed by atoms with Crippen LogP contribution < -0.4 is 14.8 Å². The van der Waals surface area contributed by atoms with E-state index in [0.717, 1.165) is 22.7 Å². The molecular weight excluding hydrogens is 266 g/mol. The quantitative estimate of drug-likeness (QED) is 0.938. The maximum absolute atomic E-state index is 6.20. The molecule has 100 valence electrons. The third-order valence-electron chi connectivity index (χ3n) is 3.27. The van der Waals surface area contributed by atoms with E-state index in [9.17, 15) is 0 Å². The van der Waals surface area contributed by atoms with Crippen molar-refractivity contribution in [1.29, 1.82) is 0 Å². The van der Waals surface area contributed by atoms with E-state index in [1.807, 2.05) is 30.9 Å². The Morgan fingerprint density at radius 3 is 2.79 bits per heavy atom. The summed E-state index contributed by atoms with van der Waals surface area (Å²) in [7, 11) is 1.92. The van der Waals surface area contributed by atoms with E-state index in [4.69, 9.17) is 21.1 Å². The molecule has 6 heteroatoms. The van der Waals surface area contributed by atoms with Crippen LogP contribution in [-0.4, -0.2) is 16.6 Å². The normalized spacial score (nSPS) is 12.8. The third kappa shape index (κ3) is 2.21. The molecule has 1 aliphatic heterocycles. The van der Waals surface area contributed by atoms with Crippen LogP contribution in [0, 0.1) is 6.92 Å². The fourth-order valence-electron chi connectivity index (χ4n) is 1.96. The number of rotatable bonds is 3. The van der Waals surface area contributed by atoms with E-state index in [1.54, 1.807) is 6.07 Å². The molecule has 1 aliphatic rings. The van der Waals surface area contributed by atoms with E-state index in [-0.39, 0.29) is 6.79 Å². The lowest BCUT2D eigenvalue weighted by atomic mass is 10.2. The van der Waals surface area contributed by atoms with Gasteiger partial charge in [-0.2, -0.15) is 5.10 Å². The average Bonchev–Trinajstić information content (AvgIpc) is 2.96. The Balaban J connectivity index is 1.79. The molecule has 0 saturated heterocycles. The summed E-state index contributed by atoms with van der Waals surface area (Å²) in [6, 6.07) is 3.62. The van der Waals surface area contributed by atoms with Crippen LogP contribution in [0.25, 0.3) is 0 Å². The molecule has 3 rings (SSSR count). The predicted molar refractivity (Wildman–Crippen MR) is 72.8 cm³/mol. The summed E-state index contributed by atoms with van der Waals surface area (Å²) in [5, 5.41) is 8.12. The Labute approximate surface area is 116 Å². The number of anilines is 1. The van der Waals surface area contributed by atoms with Gasteiger partial charge in [-0.15, -0.1) is 0 Å². The molecule has 0 saturated carbocycles. The van der Waals surface area contributed by atoms with E-state index in [1.165, 1.54) is 0 Å². The number of nitrogens with one attached hydrogen (secondary N) is 1. The molecule has 19 heavy (non-hydrogen) atoms. The zero-order valence-electron chi connectivity index (χ0n) is 10.7. The minimum Gasteiger partial charge on any atom is -0.454 e. The van der Waals surface area contributed by atoms with Gasteiger partial charge in [0, 0.05) is 37.0 Å². The fourth-order valence-corrected chi connectivity index (χ4v) is 2.18. The number of nitrogens with zero attached hydrogens (tertiary/aromatic N) is 2. The van der Waals surface area contributed by atoms with Crippen molar-refractivity contribution in [2.45, 2.75) is 13.5 Å². The zero-order chi connectivity index (χ0) is 13.4. The van der Waals surface area contributed by atoms with Crippen molar-refractivity contribution in [2.24, 2.45) is 7.05 Å². The molecule has 2 aromatic rings.